The zero-order valence-corrected chi connectivity index (χ0v) is 16.3. The molecule has 0 atom stereocenters. The van der Waals surface area contributed by atoms with Gasteiger partial charge in [-0.3, -0.25) is 14.8 Å². The molecule has 0 aliphatic heterocycles. The van der Waals surface area contributed by atoms with Crippen LogP contribution >= 0.6 is 0 Å². The number of hydrogen-bond donors (Lipinski definition) is 2. The van der Waals surface area contributed by atoms with E-state index in [1.165, 1.54) is 12.1 Å². The summed E-state index contributed by atoms with van der Waals surface area (Å²) < 4.78 is 32.7. The topological polar surface area (TPSA) is 111 Å². The highest BCUT2D eigenvalue weighted by Gasteiger charge is 2.21. The largest absolute Gasteiger partial charge is 0.497 e. The van der Waals surface area contributed by atoms with Crippen LogP contribution in [0.3, 0.4) is 0 Å². The second kappa shape index (κ2) is 8.61. The fourth-order valence-corrected chi connectivity index (χ4v) is 3.76. The van der Waals surface area contributed by atoms with Crippen molar-refractivity contribution in [2.24, 2.45) is 0 Å². The number of para-hydroxylation sites is 1. The zero-order chi connectivity index (χ0) is 20.9. The zero-order valence-electron chi connectivity index (χ0n) is 15.5. The van der Waals surface area contributed by atoms with E-state index in [4.69, 9.17) is 4.74 Å². The van der Waals surface area contributed by atoms with Crippen LogP contribution in [0.25, 0.3) is 0 Å². The molecule has 8 nitrogen and oxygen atoms in total. The Kier molecular flexibility index (Phi) is 5.99. The van der Waals surface area contributed by atoms with Gasteiger partial charge in [0.25, 0.3) is 15.7 Å². The Hall–Kier alpha value is -3.59. The number of nitro groups is 1. The molecular weight excluding hydrogens is 394 g/mol. The Morgan fingerprint density at radius 2 is 1.76 bits per heavy atom. The molecule has 3 aromatic carbocycles. The van der Waals surface area contributed by atoms with Gasteiger partial charge in [0.1, 0.15) is 11.4 Å². The van der Waals surface area contributed by atoms with Gasteiger partial charge in [-0.05, 0) is 42.0 Å². The summed E-state index contributed by atoms with van der Waals surface area (Å²) in [5.74, 6) is 0.673. The summed E-state index contributed by atoms with van der Waals surface area (Å²) in [5, 5.41) is 14.5. The second-order valence-corrected chi connectivity index (χ2v) is 7.80. The Bertz CT molecular complexity index is 1120. The first-order chi connectivity index (χ1) is 13.9. The van der Waals surface area contributed by atoms with E-state index >= 15 is 0 Å². The summed E-state index contributed by atoms with van der Waals surface area (Å²) in [5.41, 5.74) is 1.12. The Labute approximate surface area is 168 Å². The number of anilines is 2. The first-order valence-corrected chi connectivity index (χ1v) is 10.1. The van der Waals surface area contributed by atoms with Crippen LogP contribution in [0, 0.1) is 10.1 Å². The summed E-state index contributed by atoms with van der Waals surface area (Å²) >= 11 is 0. The van der Waals surface area contributed by atoms with E-state index in [0.29, 0.717) is 18.0 Å². The van der Waals surface area contributed by atoms with Crippen LogP contribution in [0.2, 0.25) is 0 Å². The molecule has 9 heteroatoms. The van der Waals surface area contributed by atoms with Crippen LogP contribution in [0.5, 0.6) is 5.75 Å². The lowest BCUT2D eigenvalue weighted by Crippen LogP contribution is -2.13. The lowest BCUT2D eigenvalue weighted by molar-refractivity contribution is -0.384. The van der Waals surface area contributed by atoms with Gasteiger partial charge in [-0.2, -0.15) is 0 Å². The number of hydrogen-bond acceptors (Lipinski definition) is 6. The molecule has 2 N–H and O–H groups in total. The molecule has 0 heterocycles. The molecular formula is C20H19N3O5S. The van der Waals surface area contributed by atoms with Crippen LogP contribution in [0.15, 0.2) is 77.7 Å². The number of nitrogens with zero attached hydrogens (tertiary/aromatic N) is 1. The molecule has 0 spiro atoms. The summed E-state index contributed by atoms with van der Waals surface area (Å²) in [6, 6.07) is 19.3. The number of rotatable bonds is 8. The van der Waals surface area contributed by atoms with Gasteiger partial charge in [0, 0.05) is 18.3 Å². The average molecular weight is 413 g/mol. The van der Waals surface area contributed by atoms with Gasteiger partial charge < -0.3 is 10.1 Å². The van der Waals surface area contributed by atoms with Crippen molar-refractivity contribution in [3.05, 3.63) is 88.5 Å². The predicted octanol–water partition coefficient (Wildman–Crippen LogP) is 4.02. The lowest BCUT2D eigenvalue weighted by Gasteiger charge is -2.11. The summed E-state index contributed by atoms with van der Waals surface area (Å²) in [6.07, 6.45) is 0. The molecule has 0 unspecified atom stereocenters. The molecule has 0 saturated heterocycles. The monoisotopic (exact) mass is 413 g/mol. The maximum atomic E-state index is 12.6. The molecule has 3 aromatic rings. The molecule has 29 heavy (non-hydrogen) atoms. The number of ether oxygens (including phenoxy) is 1. The van der Waals surface area contributed by atoms with Crippen molar-refractivity contribution in [1.29, 1.82) is 0 Å². The minimum absolute atomic E-state index is 0.194. The smallest absolute Gasteiger partial charge is 0.293 e. The number of methoxy groups -OCH3 is 1. The molecule has 150 valence electrons. The third kappa shape index (κ3) is 5.02. The van der Waals surface area contributed by atoms with Crippen LogP contribution in [0.4, 0.5) is 17.1 Å². The summed E-state index contributed by atoms with van der Waals surface area (Å²) in [4.78, 5) is 10.7. The minimum Gasteiger partial charge on any atom is -0.497 e. The Balaban J connectivity index is 1.84. The van der Waals surface area contributed by atoms with Crippen LogP contribution in [-0.4, -0.2) is 20.5 Å². The number of benzene rings is 3. The molecule has 0 amide bonds. The van der Waals surface area contributed by atoms with Crippen molar-refractivity contribution in [3.63, 3.8) is 0 Å². The summed E-state index contributed by atoms with van der Waals surface area (Å²) in [7, 11) is -2.41. The third-order valence-electron chi connectivity index (χ3n) is 4.12. The predicted molar refractivity (Wildman–Crippen MR) is 111 cm³/mol. The molecule has 0 aromatic heterocycles. The maximum Gasteiger partial charge on any atom is 0.293 e. The maximum absolute atomic E-state index is 12.6. The highest BCUT2D eigenvalue weighted by Crippen LogP contribution is 2.29. The molecule has 0 radical (unpaired) electrons. The van der Waals surface area contributed by atoms with E-state index in [2.05, 4.69) is 10.0 Å². The molecule has 3 rings (SSSR count). The quantitative estimate of drug-likeness (QED) is 0.426. The minimum atomic E-state index is -3.96. The normalized spacial score (nSPS) is 10.9. The fraction of sp³-hybridized carbons (Fsp3) is 0.100. The van der Waals surface area contributed by atoms with Crippen molar-refractivity contribution in [2.45, 2.75) is 11.4 Å². The van der Waals surface area contributed by atoms with Crippen molar-refractivity contribution in [1.82, 2.24) is 0 Å². The number of nitro benzene ring substituents is 1. The van der Waals surface area contributed by atoms with E-state index in [1.807, 2.05) is 12.1 Å². The molecule has 0 aliphatic rings. The highest BCUT2D eigenvalue weighted by molar-refractivity contribution is 7.92. The van der Waals surface area contributed by atoms with E-state index < -0.39 is 14.9 Å². The Morgan fingerprint density at radius 1 is 1.00 bits per heavy atom. The van der Waals surface area contributed by atoms with E-state index in [-0.39, 0.29) is 16.3 Å². The lowest BCUT2D eigenvalue weighted by atomic mass is 10.2. The van der Waals surface area contributed by atoms with Crippen LogP contribution in [0.1, 0.15) is 5.56 Å². The van der Waals surface area contributed by atoms with Crippen LogP contribution in [-0.2, 0) is 16.6 Å². The van der Waals surface area contributed by atoms with Gasteiger partial charge in [-0.25, -0.2) is 8.42 Å². The van der Waals surface area contributed by atoms with E-state index in [0.717, 1.165) is 11.6 Å². The number of sulfonamides is 1. The molecule has 0 fully saturated rings. The van der Waals surface area contributed by atoms with Crippen molar-refractivity contribution >= 4 is 27.1 Å². The average Bonchev–Trinajstić information content (AvgIpc) is 2.72. The highest BCUT2D eigenvalue weighted by atomic mass is 32.2. The van der Waals surface area contributed by atoms with Gasteiger partial charge in [0.05, 0.1) is 16.9 Å². The van der Waals surface area contributed by atoms with Gasteiger partial charge in [-0.15, -0.1) is 0 Å². The summed E-state index contributed by atoms with van der Waals surface area (Å²) in [6.45, 7) is 0.312. The SMILES string of the molecule is COc1cccc(CNc2ccc(S(=O)(=O)Nc3ccccc3)cc2[N+](=O)[O-])c1. The van der Waals surface area contributed by atoms with Gasteiger partial charge >= 0.3 is 0 Å². The molecule has 0 bridgehead atoms. The van der Waals surface area contributed by atoms with Gasteiger partial charge in [-0.1, -0.05) is 30.3 Å². The van der Waals surface area contributed by atoms with Crippen molar-refractivity contribution in [2.75, 3.05) is 17.1 Å². The van der Waals surface area contributed by atoms with Crippen molar-refractivity contribution < 1.29 is 18.1 Å². The molecule has 0 aliphatic carbocycles. The first kappa shape index (κ1) is 20.2. The second-order valence-electron chi connectivity index (χ2n) is 6.11. The van der Waals surface area contributed by atoms with Crippen LogP contribution < -0.4 is 14.8 Å². The fourth-order valence-electron chi connectivity index (χ4n) is 2.68. The van der Waals surface area contributed by atoms with E-state index in [9.17, 15) is 18.5 Å². The van der Waals surface area contributed by atoms with Gasteiger partial charge in [0.15, 0.2) is 0 Å². The number of nitrogens with one attached hydrogen (secondary N) is 2. The molecule has 0 saturated carbocycles. The van der Waals surface area contributed by atoms with Gasteiger partial charge in [0.2, 0.25) is 0 Å². The third-order valence-corrected chi connectivity index (χ3v) is 5.50. The standard InChI is InChI=1S/C20H19N3O5S/c1-28-17-9-5-6-15(12-17)14-21-19-11-10-18(13-20(19)23(24)25)29(26,27)22-16-7-3-2-4-8-16/h2-13,21-22H,14H2,1H3. The van der Waals surface area contributed by atoms with Crippen molar-refractivity contribution in [3.8, 4) is 5.75 Å². The first-order valence-electron chi connectivity index (χ1n) is 8.62. The Morgan fingerprint density at radius 3 is 2.45 bits per heavy atom. The van der Waals surface area contributed by atoms with E-state index in [1.54, 1.807) is 49.6 Å².